The molecule has 0 heterocycles. The van der Waals surface area contributed by atoms with Crippen LogP contribution in [0.15, 0.2) is 28.7 Å². The highest BCUT2D eigenvalue weighted by molar-refractivity contribution is 9.10. The molecule has 0 aliphatic heterocycles. The molecule has 3 heteroatoms. The van der Waals surface area contributed by atoms with Gasteiger partial charge in [-0.3, -0.25) is 0 Å². The number of halogens is 1. The zero-order valence-electron chi connectivity index (χ0n) is 10.9. The van der Waals surface area contributed by atoms with E-state index in [9.17, 15) is 5.11 Å². The Labute approximate surface area is 113 Å². The van der Waals surface area contributed by atoms with Gasteiger partial charge in [-0.2, -0.15) is 0 Å². The van der Waals surface area contributed by atoms with Crippen LogP contribution in [0.2, 0.25) is 0 Å². The first-order valence-electron chi connectivity index (χ1n) is 6.03. The molecule has 0 spiro atoms. The highest BCUT2D eigenvalue weighted by atomic mass is 79.9. The lowest BCUT2D eigenvalue weighted by Crippen LogP contribution is -2.35. The van der Waals surface area contributed by atoms with E-state index in [1.807, 2.05) is 0 Å². The Bertz CT molecular complexity index is 333. The Balaban J connectivity index is 2.54. The molecule has 1 N–H and O–H groups in total. The minimum Gasteiger partial charge on any atom is -0.396 e. The van der Waals surface area contributed by atoms with Crippen LogP contribution in [0.25, 0.3) is 0 Å². The molecule has 0 saturated carbocycles. The van der Waals surface area contributed by atoms with Crippen LogP contribution in [0.4, 0.5) is 0 Å². The molecule has 0 radical (unpaired) electrons. The fourth-order valence-corrected chi connectivity index (χ4v) is 2.15. The van der Waals surface area contributed by atoms with Crippen molar-refractivity contribution in [1.29, 1.82) is 0 Å². The molecule has 0 bridgehead atoms. The molecule has 1 aromatic rings. The maximum atomic E-state index is 9.40. The van der Waals surface area contributed by atoms with Crippen molar-refractivity contribution in [1.82, 2.24) is 4.90 Å². The normalized spacial score (nSPS) is 14.9. The summed E-state index contributed by atoms with van der Waals surface area (Å²) in [4.78, 5) is 2.27. The van der Waals surface area contributed by atoms with Gasteiger partial charge in [-0.25, -0.2) is 0 Å². The van der Waals surface area contributed by atoms with Crippen LogP contribution in [0.3, 0.4) is 0 Å². The lowest BCUT2D eigenvalue weighted by atomic mass is 9.88. The van der Waals surface area contributed by atoms with Gasteiger partial charge in [0.25, 0.3) is 0 Å². The minimum absolute atomic E-state index is 0.00408. The van der Waals surface area contributed by atoms with Gasteiger partial charge in [-0.15, -0.1) is 0 Å². The number of rotatable bonds is 6. The minimum atomic E-state index is 0.00408. The van der Waals surface area contributed by atoms with E-state index in [1.165, 1.54) is 5.56 Å². The first-order chi connectivity index (χ1) is 7.99. The van der Waals surface area contributed by atoms with Crippen molar-refractivity contribution in [2.75, 3.05) is 20.2 Å². The molecule has 1 atom stereocenters. The monoisotopic (exact) mass is 299 g/mol. The van der Waals surface area contributed by atoms with Gasteiger partial charge >= 0.3 is 0 Å². The number of hydrogen-bond donors (Lipinski definition) is 1. The lowest BCUT2D eigenvalue weighted by molar-refractivity contribution is 0.0930. The van der Waals surface area contributed by atoms with Crippen LogP contribution in [0, 0.1) is 5.41 Å². The van der Waals surface area contributed by atoms with E-state index < -0.39 is 0 Å². The van der Waals surface area contributed by atoms with Crippen molar-refractivity contribution in [2.24, 2.45) is 5.41 Å². The smallest absolute Gasteiger partial charge is 0.0496 e. The molecule has 0 aliphatic carbocycles. The van der Waals surface area contributed by atoms with Crippen LogP contribution in [0.5, 0.6) is 0 Å². The van der Waals surface area contributed by atoms with E-state index in [0.29, 0.717) is 0 Å². The van der Waals surface area contributed by atoms with Gasteiger partial charge in [-0.05, 0) is 31.2 Å². The number of benzene rings is 1. The Morgan fingerprint density at radius 3 is 2.35 bits per heavy atom. The third-order valence-electron chi connectivity index (χ3n) is 3.25. The zero-order valence-corrected chi connectivity index (χ0v) is 12.5. The van der Waals surface area contributed by atoms with Crippen molar-refractivity contribution in [2.45, 2.75) is 26.8 Å². The third kappa shape index (κ3) is 4.78. The second-order valence-electron chi connectivity index (χ2n) is 5.12. The van der Waals surface area contributed by atoms with E-state index in [2.05, 4.69) is 66.0 Å². The van der Waals surface area contributed by atoms with Gasteiger partial charge in [0.05, 0.1) is 0 Å². The van der Waals surface area contributed by atoms with Crippen LogP contribution >= 0.6 is 15.9 Å². The van der Waals surface area contributed by atoms with Crippen LogP contribution in [-0.2, 0) is 6.54 Å². The summed E-state index contributed by atoms with van der Waals surface area (Å²) >= 11 is 3.44. The second-order valence-corrected chi connectivity index (χ2v) is 6.04. The second kappa shape index (κ2) is 6.53. The maximum Gasteiger partial charge on any atom is 0.0496 e. The SMILES string of the molecule is CCC(C)(CO)CN(C)Cc1ccc(Br)cc1. The summed E-state index contributed by atoms with van der Waals surface area (Å²) < 4.78 is 1.11. The summed E-state index contributed by atoms with van der Waals surface area (Å²) in [6, 6.07) is 8.38. The van der Waals surface area contributed by atoms with E-state index in [4.69, 9.17) is 0 Å². The quantitative estimate of drug-likeness (QED) is 0.871. The molecule has 0 amide bonds. The largest absolute Gasteiger partial charge is 0.396 e. The first-order valence-corrected chi connectivity index (χ1v) is 6.82. The molecule has 96 valence electrons. The number of aliphatic hydroxyl groups excluding tert-OH is 1. The molecule has 1 rings (SSSR count). The topological polar surface area (TPSA) is 23.5 Å². The Hall–Kier alpha value is -0.380. The molecular formula is C14H22BrNO. The summed E-state index contributed by atoms with van der Waals surface area (Å²) in [7, 11) is 2.10. The molecule has 1 unspecified atom stereocenters. The predicted octanol–water partition coefficient (Wildman–Crippen LogP) is 3.29. The number of hydrogen-bond acceptors (Lipinski definition) is 2. The van der Waals surface area contributed by atoms with Crippen molar-refractivity contribution < 1.29 is 5.11 Å². The standard InChI is InChI=1S/C14H22BrNO/c1-4-14(2,11-17)10-16(3)9-12-5-7-13(15)8-6-12/h5-8,17H,4,9-11H2,1-3H3. The summed E-state index contributed by atoms with van der Waals surface area (Å²) in [5, 5.41) is 9.40. The summed E-state index contributed by atoms with van der Waals surface area (Å²) in [5.74, 6) is 0. The summed E-state index contributed by atoms with van der Waals surface area (Å²) in [5.41, 5.74) is 1.30. The van der Waals surface area contributed by atoms with Crippen molar-refractivity contribution in [3.63, 3.8) is 0 Å². The van der Waals surface area contributed by atoms with Crippen molar-refractivity contribution in [3.05, 3.63) is 34.3 Å². The highest BCUT2D eigenvalue weighted by Crippen LogP contribution is 2.22. The Morgan fingerprint density at radius 2 is 1.88 bits per heavy atom. The van der Waals surface area contributed by atoms with E-state index in [-0.39, 0.29) is 12.0 Å². The molecule has 17 heavy (non-hydrogen) atoms. The van der Waals surface area contributed by atoms with Gasteiger partial charge in [-0.1, -0.05) is 41.9 Å². The Morgan fingerprint density at radius 1 is 1.29 bits per heavy atom. The molecule has 1 aromatic carbocycles. The van der Waals surface area contributed by atoms with Gasteiger partial charge in [0, 0.05) is 29.6 Å². The van der Waals surface area contributed by atoms with Gasteiger partial charge in [0.2, 0.25) is 0 Å². The third-order valence-corrected chi connectivity index (χ3v) is 3.78. The molecule has 0 fully saturated rings. The first kappa shape index (κ1) is 14.7. The average molecular weight is 300 g/mol. The lowest BCUT2D eigenvalue weighted by Gasteiger charge is -2.31. The number of aliphatic hydroxyl groups is 1. The summed E-state index contributed by atoms with van der Waals surface area (Å²) in [6.07, 6.45) is 0.994. The fraction of sp³-hybridized carbons (Fsp3) is 0.571. The zero-order chi connectivity index (χ0) is 12.9. The highest BCUT2D eigenvalue weighted by Gasteiger charge is 2.22. The fourth-order valence-electron chi connectivity index (χ4n) is 1.88. The summed E-state index contributed by atoms with van der Waals surface area (Å²) in [6.45, 7) is 6.34. The van der Waals surface area contributed by atoms with E-state index in [0.717, 1.165) is 24.0 Å². The molecule has 2 nitrogen and oxygen atoms in total. The average Bonchev–Trinajstić information content (AvgIpc) is 2.32. The van der Waals surface area contributed by atoms with Gasteiger partial charge < -0.3 is 10.0 Å². The molecule has 0 aromatic heterocycles. The molecule has 0 aliphatic rings. The Kier molecular flexibility index (Phi) is 5.63. The molecular weight excluding hydrogens is 278 g/mol. The van der Waals surface area contributed by atoms with E-state index in [1.54, 1.807) is 0 Å². The van der Waals surface area contributed by atoms with Gasteiger partial charge in [0.1, 0.15) is 0 Å². The number of nitrogens with zero attached hydrogens (tertiary/aromatic N) is 1. The van der Waals surface area contributed by atoms with Gasteiger partial charge in [0.15, 0.2) is 0 Å². The van der Waals surface area contributed by atoms with Crippen molar-refractivity contribution in [3.8, 4) is 0 Å². The van der Waals surface area contributed by atoms with Crippen LogP contribution < -0.4 is 0 Å². The maximum absolute atomic E-state index is 9.40. The molecule has 0 saturated heterocycles. The van der Waals surface area contributed by atoms with Crippen LogP contribution in [-0.4, -0.2) is 30.2 Å². The van der Waals surface area contributed by atoms with E-state index >= 15 is 0 Å². The van der Waals surface area contributed by atoms with Crippen molar-refractivity contribution >= 4 is 15.9 Å². The van der Waals surface area contributed by atoms with Crippen LogP contribution in [0.1, 0.15) is 25.8 Å². The predicted molar refractivity (Wildman–Crippen MR) is 76.0 cm³/mol.